The molecular weight excluding hydrogens is 711 g/mol. The molecule has 9 aromatic rings. The van der Waals surface area contributed by atoms with Crippen LogP contribution < -0.4 is 4.90 Å². The van der Waals surface area contributed by atoms with Crippen LogP contribution in [0.3, 0.4) is 0 Å². The number of nitrogens with zero attached hydrogens (tertiary/aromatic N) is 1. The Labute approximate surface area is 347 Å². The van der Waals surface area contributed by atoms with Crippen LogP contribution in [0.1, 0.15) is 49.9 Å². The second-order valence-electron chi connectivity index (χ2n) is 17.3. The topological polar surface area (TPSA) is 3.24 Å². The summed E-state index contributed by atoms with van der Waals surface area (Å²) in [6.07, 6.45) is 0. The van der Waals surface area contributed by atoms with E-state index in [0.29, 0.717) is 0 Å². The lowest BCUT2D eigenvalue weighted by molar-refractivity contribution is 0.660. The summed E-state index contributed by atoms with van der Waals surface area (Å²) in [5, 5.41) is 2.54. The highest BCUT2D eigenvalue weighted by Crippen LogP contribution is 2.60. The Kier molecular flexibility index (Phi) is 7.94. The molecule has 0 bridgehead atoms. The Hall–Kier alpha value is -6.96. The van der Waals surface area contributed by atoms with E-state index in [2.05, 4.69) is 233 Å². The van der Waals surface area contributed by atoms with Crippen molar-refractivity contribution in [3.05, 3.63) is 222 Å². The zero-order valence-electron chi connectivity index (χ0n) is 34.0. The summed E-state index contributed by atoms with van der Waals surface area (Å²) in [6, 6.07) is 74.2. The van der Waals surface area contributed by atoms with E-state index < -0.39 is 0 Å². The van der Waals surface area contributed by atoms with Gasteiger partial charge in [0.25, 0.3) is 0 Å². The summed E-state index contributed by atoms with van der Waals surface area (Å²) in [4.78, 5) is 2.56. The normalized spacial score (nSPS) is 14.0. The molecule has 0 saturated heterocycles. The number of fused-ring (bicyclic) bond motifs is 8. The van der Waals surface area contributed by atoms with Crippen molar-refractivity contribution >= 4 is 27.8 Å². The average Bonchev–Trinajstić information content (AvgIpc) is 3.67. The lowest BCUT2D eigenvalue weighted by atomic mass is 9.78. The van der Waals surface area contributed by atoms with E-state index in [-0.39, 0.29) is 10.8 Å². The van der Waals surface area contributed by atoms with Gasteiger partial charge in [0.2, 0.25) is 0 Å². The van der Waals surface area contributed by atoms with Crippen LogP contribution in [-0.4, -0.2) is 0 Å². The predicted octanol–water partition coefficient (Wildman–Crippen LogP) is 15.9. The van der Waals surface area contributed by atoms with Gasteiger partial charge in [0.15, 0.2) is 0 Å². The summed E-state index contributed by atoms with van der Waals surface area (Å²) >= 11 is 0. The molecule has 1 heteroatoms. The molecule has 2 aliphatic rings. The van der Waals surface area contributed by atoms with Gasteiger partial charge in [-0.05, 0) is 102 Å². The molecule has 0 radical (unpaired) electrons. The lowest BCUT2D eigenvalue weighted by Gasteiger charge is -2.33. The van der Waals surface area contributed by atoms with Crippen LogP contribution in [0.2, 0.25) is 0 Å². The van der Waals surface area contributed by atoms with Gasteiger partial charge in [-0.15, -0.1) is 0 Å². The lowest BCUT2D eigenvalue weighted by Crippen LogP contribution is -2.18. The largest absolute Gasteiger partial charge is 0.309 e. The van der Waals surface area contributed by atoms with E-state index >= 15 is 0 Å². The van der Waals surface area contributed by atoms with Crippen LogP contribution in [0.5, 0.6) is 0 Å². The molecular formula is C58H45N. The number of rotatable bonds is 6. The van der Waals surface area contributed by atoms with Gasteiger partial charge in [-0.1, -0.05) is 204 Å². The first-order valence-electron chi connectivity index (χ1n) is 20.9. The maximum atomic E-state index is 2.56. The van der Waals surface area contributed by atoms with Gasteiger partial charge < -0.3 is 4.90 Å². The minimum Gasteiger partial charge on any atom is -0.309 e. The van der Waals surface area contributed by atoms with Gasteiger partial charge in [0.1, 0.15) is 0 Å². The van der Waals surface area contributed by atoms with Gasteiger partial charge in [-0.25, -0.2) is 0 Å². The molecule has 0 fully saturated rings. The molecule has 0 unspecified atom stereocenters. The van der Waals surface area contributed by atoms with Crippen molar-refractivity contribution < 1.29 is 0 Å². The molecule has 0 heterocycles. The third kappa shape index (κ3) is 5.38. The van der Waals surface area contributed by atoms with Crippen LogP contribution in [0.25, 0.3) is 66.4 Å². The molecule has 2 aliphatic carbocycles. The summed E-state index contributed by atoms with van der Waals surface area (Å²) in [7, 11) is 0. The number of hydrogen-bond acceptors (Lipinski definition) is 1. The SMILES string of the molecule is CC1(C)c2ccccc2-c2ccc(N(c3ccc(-c4ccc(-c5ccccc5)cc4)cc3)c3c(-c4ccccc4)c4c(c5ccccc35)C(C)(C)c3ccccc3-4)cc21. The minimum atomic E-state index is -0.181. The zero-order valence-corrected chi connectivity index (χ0v) is 34.0. The van der Waals surface area contributed by atoms with Crippen molar-refractivity contribution in [3.8, 4) is 55.6 Å². The number of hydrogen-bond donors (Lipinski definition) is 0. The van der Waals surface area contributed by atoms with E-state index in [9.17, 15) is 0 Å². The van der Waals surface area contributed by atoms with Crippen molar-refractivity contribution in [1.29, 1.82) is 0 Å². The number of benzene rings is 9. The molecule has 282 valence electrons. The maximum absolute atomic E-state index is 2.56. The third-order valence-electron chi connectivity index (χ3n) is 13.2. The first-order chi connectivity index (χ1) is 28.8. The molecule has 0 spiro atoms. The van der Waals surface area contributed by atoms with Crippen LogP contribution in [0.15, 0.2) is 200 Å². The van der Waals surface area contributed by atoms with Crippen LogP contribution >= 0.6 is 0 Å². The number of anilines is 3. The van der Waals surface area contributed by atoms with Gasteiger partial charge in [0.05, 0.1) is 5.69 Å². The van der Waals surface area contributed by atoms with Crippen LogP contribution in [0, 0.1) is 0 Å². The van der Waals surface area contributed by atoms with Crippen molar-refractivity contribution in [2.45, 2.75) is 38.5 Å². The third-order valence-corrected chi connectivity index (χ3v) is 13.2. The fourth-order valence-electron chi connectivity index (χ4n) is 10.4. The van der Waals surface area contributed by atoms with E-state index in [1.807, 2.05) is 0 Å². The van der Waals surface area contributed by atoms with E-state index in [1.54, 1.807) is 0 Å². The predicted molar refractivity (Wildman–Crippen MR) is 250 cm³/mol. The molecule has 0 N–H and O–H groups in total. The highest BCUT2D eigenvalue weighted by Gasteiger charge is 2.41. The minimum absolute atomic E-state index is 0.144. The summed E-state index contributed by atoms with van der Waals surface area (Å²) in [5.41, 5.74) is 21.3. The van der Waals surface area contributed by atoms with Gasteiger partial charge in [-0.3, -0.25) is 0 Å². The highest BCUT2D eigenvalue weighted by molar-refractivity contribution is 6.16. The maximum Gasteiger partial charge on any atom is 0.0624 e. The molecule has 59 heavy (non-hydrogen) atoms. The van der Waals surface area contributed by atoms with Gasteiger partial charge in [0, 0.05) is 33.2 Å². The summed E-state index contributed by atoms with van der Waals surface area (Å²) in [5.74, 6) is 0. The van der Waals surface area contributed by atoms with E-state index in [1.165, 1.54) is 94.3 Å². The van der Waals surface area contributed by atoms with Crippen molar-refractivity contribution in [2.24, 2.45) is 0 Å². The second kappa shape index (κ2) is 13.3. The summed E-state index contributed by atoms with van der Waals surface area (Å²) in [6.45, 7) is 9.56. The van der Waals surface area contributed by atoms with Gasteiger partial charge >= 0.3 is 0 Å². The molecule has 0 amide bonds. The fraction of sp³-hybridized carbons (Fsp3) is 0.103. The molecule has 0 saturated carbocycles. The monoisotopic (exact) mass is 755 g/mol. The standard InChI is InChI=1S/C58H45N/c1-57(2)50-25-15-13-21-45(50)46-36-35-44(37-52(46)57)59(43-33-31-41(32-34-43)40-29-27-39(28-30-40)38-17-7-5-8-18-38)56-48-23-12-11-22-47(48)55-54(53(56)42-19-9-6-10-20-42)49-24-14-16-26-51(49)58(55,3)4/h5-37H,1-4H3. The van der Waals surface area contributed by atoms with E-state index in [4.69, 9.17) is 0 Å². The molecule has 9 aromatic carbocycles. The Balaban J connectivity index is 1.18. The van der Waals surface area contributed by atoms with Crippen LogP contribution in [-0.2, 0) is 10.8 Å². The Morgan fingerprint density at radius 1 is 0.322 bits per heavy atom. The summed E-state index contributed by atoms with van der Waals surface area (Å²) < 4.78 is 0. The molecule has 0 atom stereocenters. The Morgan fingerprint density at radius 2 is 0.780 bits per heavy atom. The first kappa shape index (κ1) is 35.2. The molecule has 1 nitrogen and oxygen atoms in total. The van der Waals surface area contributed by atoms with Crippen LogP contribution in [0.4, 0.5) is 17.1 Å². The Morgan fingerprint density at radius 3 is 1.42 bits per heavy atom. The van der Waals surface area contributed by atoms with E-state index in [0.717, 1.165) is 11.4 Å². The smallest absolute Gasteiger partial charge is 0.0624 e. The zero-order chi connectivity index (χ0) is 39.9. The first-order valence-corrected chi connectivity index (χ1v) is 20.9. The van der Waals surface area contributed by atoms with Gasteiger partial charge in [-0.2, -0.15) is 0 Å². The molecule has 0 aromatic heterocycles. The molecule has 11 rings (SSSR count). The average molecular weight is 756 g/mol. The van der Waals surface area contributed by atoms with Crippen molar-refractivity contribution in [1.82, 2.24) is 0 Å². The Bertz CT molecular complexity index is 3060. The second-order valence-corrected chi connectivity index (χ2v) is 17.3. The molecule has 0 aliphatic heterocycles. The highest BCUT2D eigenvalue weighted by atomic mass is 15.1. The fourth-order valence-corrected chi connectivity index (χ4v) is 10.4. The quantitative estimate of drug-likeness (QED) is 0.163. The van der Waals surface area contributed by atoms with Crippen molar-refractivity contribution in [3.63, 3.8) is 0 Å². The van der Waals surface area contributed by atoms with Crippen molar-refractivity contribution in [2.75, 3.05) is 4.90 Å².